The van der Waals surface area contributed by atoms with E-state index in [4.69, 9.17) is 5.11 Å². The summed E-state index contributed by atoms with van der Waals surface area (Å²) in [5.74, 6) is 0.247. The molecule has 1 aliphatic carbocycles. The monoisotopic (exact) mass is 241 g/mol. The van der Waals surface area contributed by atoms with E-state index in [1.807, 2.05) is 20.8 Å². The Balaban J connectivity index is 2.53. The van der Waals surface area contributed by atoms with E-state index >= 15 is 0 Å². The topological polar surface area (TPSA) is 57.6 Å². The molecule has 98 valence electrons. The van der Waals surface area contributed by atoms with Crippen molar-refractivity contribution in [3.63, 3.8) is 0 Å². The van der Waals surface area contributed by atoms with Crippen LogP contribution >= 0.6 is 0 Å². The molecule has 0 bridgehead atoms. The summed E-state index contributed by atoms with van der Waals surface area (Å²) in [4.78, 5) is 24.5. The highest BCUT2D eigenvalue weighted by Crippen LogP contribution is 2.37. The first-order valence-electron chi connectivity index (χ1n) is 6.42. The van der Waals surface area contributed by atoms with E-state index in [1.165, 1.54) is 0 Å². The molecule has 0 radical (unpaired) electrons. The molecule has 0 saturated heterocycles. The molecule has 0 aliphatic heterocycles. The third kappa shape index (κ3) is 4.75. The Kier molecular flexibility index (Phi) is 4.97. The van der Waals surface area contributed by atoms with Crippen LogP contribution in [0.1, 0.15) is 40.0 Å². The van der Waals surface area contributed by atoms with Gasteiger partial charge in [0, 0.05) is 19.0 Å². The largest absolute Gasteiger partial charge is 0.481 e. The zero-order chi connectivity index (χ0) is 13.0. The smallest absolute Gasteiger partial charge is 0.305 e. The minimum atomic E-state index is -0.842. The number of carboxylic acids is 1. The molecule has 0 heterocycles. The number of carbonyl (C=O) groups excluding carboxylic acids is 1. The van der Waals surface area contributed by atoms with Gasteiger partial charge in [0.25, 0.3) is 0 Å². The third-order valence-electron chi connectivity index (χ3n) is 3.21. The van der Waals surface area contributed by atoms with Gasteiger partial charge in [-0.2, -0.15) is 0 Å². The number of aliphatic carboxylic acids is 1. The van der Waals surface area contributed by atoms with E-state index in [1.54, 1.807) is 4.90 Å². The van der Waals surface area contributed by atoms with Crippen LogP contribution in [0.5, 0.6) is 0 Å². The van der Waals surface area contributed by atoms with Crippen molar-refractivity contribution >= 4 is 11.9 Å². The van der Waals surface area contributed by atoms with Crippen molar-refractivity contribution in [1.82, 2.24) is 4.90 Å². The molecule has 0 spiro atoms. The maximum absolute atomic E-state index is 12.2. The summed E-state index contributed by atoms with van der Waals surface area (Å²) >= 11 is 0. The molecule has 4 nitrogen and oxygen atoms in total. The van der Waals surface area contributed by atoms with Crippen LogP contribution in [0, 0.1) is 17.8 Å². The van der Waals surface area contributed by atoms with Gasteiger partial charge in [0.05, 0.1) is 6.42 Å². The number of nitrogens with zero attached hydrogens (tertiary/aromatic N) is 1. The van der Waals surface area contributed by atoms with Crippen LogP contribution in [0.25, 0.3) is 0 Å². The summed E-state index contributed by atoms with van der Waals surface area (Å²) in [6.45, 7) is 7.05. The zero-order valence-electron chi connectivity index (χ0n) is 11.0. The number of carbonyl (C=O) groups is 2. The van der Waals surface area contributed by atoms with E-state index in [2.05, 4.69) is 0 Å². The van der Waals surface area contributed by atoms with Crippen LogP contribution in [0.4, 0.5) is 0 Å². The molecule has 1 N–H and O–H groups in total. The lowest BCUT2D eigenvalue weighted by atomic mass is 10.0. The first kappa shape index (κ1) is 14.0. The lowest BCUT2D eigenvalue weighted by Gasteiger charge is -2.27. The van der Waals surface area contributed by atoms with Gasteiger partial charge in [0.2, 0.25) is 5.91 Å². The average Bonchev–Trinajstić information content (AvgIpc) is 3.05. The summed E-state index contributed by atoms with van der Waals surface area (Å²) < 4.78 is 0. The quantitative estimate of drug-likeness (QED) is 0.741. The second-order valence-corrected chi connectivity index (χ2v) is 5.45. The molecule has 1 unspecified atom stereocenters. The van der Waals surface area contributed by atoms with Gasteiger partial charge in [-0.25, -0.2) is 0 Å². The summed E-state index contributed by atoms with van der Waals surface area (Å²) in [6.07, 6.45) is 2.32. The van der Waals surface area contributed by atoms with Gasteiger partial charge < -0.3 is 10.0 Å². The van der Waals surface area contributed by atoms with Gasteiger partial charge >= 0.3 is 5.97 Å². The van der Waals surface area contributed by atoms with Crippen molar-refractivity contribution in [3.8, 4) is 0 Å². The maximum Gasteiger partial charge on any atom is 0.305 e. The van der Waals surface area contributed by atoms with Gasteiger partial charge in [0.15, 0.2) is 0 Å². The Morgan fingerprint density at radius 3 is 2.29 bits per heavy atom. The Bertz CT molecular complexity index is 284. The summed E-state index contributed by atoms with van der Waals surface area (Å²) in [6, 6.07) is 0. The predicted octanol–water partition coefficient (Wildman–Crippen LogP) is 1.99. The van der Waals surface area contributed by atoms with E-state index in [0.717, 1.165) is 12.8 Å². The lowest BCUT2D eigenvalue weighted by molar-refractivity contribution is -0.140. The molecule has 0 aromatic heterocycles. The summed E-state index contributed by atoms with van der Waals surface area (Å²) in [5, 5.41) is 8.70. The molecule has 1 rings (SSSR count). The van der Waals surface area contributed by atoms with Crippen molar-refractivity contribution < 1.29 is 14.7 Å². The maximum atomic E-state index is 12.2. The van der Waals surface area contributed by atoms with Crippen LogP contribution in [0.15, 0.2) is 0 Å². The highest BCUT2D eigenvalue weighted by Gasteiger charge is 2.34. The fraction of sp³-hybridized carbons (Fsp3) is 0.846. The molecule has 1 aliphatic rings. The SMILES string of the molecule is CC(C)CN(CCC(=O)O)C(=O)C(C)C1CC1. The normalized spacial score (nSPS) is 16.9. The van der Waals surface area contributed by atoms with Gasteiger partial charge in [0.1, 0.15) is 0 Å². The van der Waals surface area contributed by atoms with Crippen molar-refractivity contribution in [1.29, 1.82) is 0 Å². The highest BCUT2D eigenvalue weighted by atomic mass is 16.4. The Labute approximate surface area is 103 Å². The molecule has 1 amide bonds. The van der Waals surface area contributed by atoms with Crippen molar-refractivity contribution in [3.05, 3.63) is 0 Å². The molecular formula is C13H23NO3. The Morgan fingerprint density at radius 1 is 1.29 bits per heavy atom. The Morgan fingerprint density at radius 2 is 1.88 bits per heavy atom. The van der Waals surface area contributed by atoms with Crippen LogP contribution in [0.2, 0.25) is 0 Å². The number of carboxylic acid groups (broad SMARTS) is 1. The minimum absolute atomic E-state index is 0.0375. The highest BCUT2D eigenvalue weighted by molar-refractivity contribution is 5.79. The van der Waals surface area contributed by atoms with Crippen molar-refractivity contribution in [2.75, 3.05) is 13.1 Å². The second kappa shape index (κ2) is 6.03. The standard InChI is InChI=1S/C13H23NO3/c1-9(2)8-14(7-6-12(15)16)13(17)10(3)11-4-5-11/h9-11H,4-8H2,1-3H3,(H,15,16). The molecule has 1 fully saturated rings. The van der Waals surface area contributed by atoms with Gasteiger partial charge in [-0.1, -0.05) is 20.8 Å². The molecule has 0 aromatic rings. The van der Waals surface area contributed by atoms with Gasteiger partial charge in [-0.05, 0) is 24.7 Å². The van der Waals surface area contributed by atoms with E-state index in [0.29, 0.717) is 24.9 Å². The summed E-state index contributed by atoms with van der Waals surface area (Å²) in [7, 11) is 0. The molecule has 4 heteroatoms. The van der Waals surface area contributed by atoms with Crippen LogP contribution in [0.3, 0.4) is 0 Å². The van der Waals surface area contributed by atoms with E-state index in [-0.39, 0.29) is 18.2 Å². The van der Waals surface area contributed by atoms with E-state index < -0.39 is 5.97 Å². The van der Waals surface area contributed by atoms with Crippen molar-refractivity contribution in [2.45, 2.75) is 40.0 Å². The van der Waals surface area contributed by atoms with Gasteiger partial charge in [-0.3, -0.25) is 9.59 Å². The second-order valence-electron chi connectivity index (χ2n) is 5.45. The lowest BCUT2D eigenvalue weighted by Crippen LogP contribution is -2.39. The number of hydrogen-bond donors (Lipinski definition) is 1. The molecular weight excluding hydrogens is 218 g/mol. The van der Waals surface area contributed by atoms with E-state index in [9.17, 15) is 9.59 Å². The average molecular weight is 241 g/mol. The third-order valence-corrected chi connectivity index (χ3v) is 3.21. The molecule has 17 heavy (non-hydrogen) atoms. The minimum Gasteiger partial charge on any atom is -0.481 e. The van der Waals surface area contributed by atoms with Crippen LogP contribution < -0.4 is 0 Å². The van der Waals surface area contributed by atoms with Crippen LogP contribution in [-0.2, 0) is 9.59 Å². The molecule has 0 aromatic carbocycles. The van der Waals surface area contributed by atoms with Crippen molar-refractivity contribution in [2.24, 2.45) is 17.8 Å². The number of rotatable bonds is 7. The first-order chi connectivity index (χ1) is 7.91. The zero-order valence-corrected chi connectivity index (χ0v) is 11.0. The summed E-state index contributed by atoms with van der Waals surface area (Å²) in [5.41, 5.74) is 0. The number of amides is 1. The molecule has 1 atom stereocenters. The fourth-order valence-electron chi connectivity index (χ4n) is 2.05. The van der Waals surface area contributed by atoms with Gasteiger partial charge in [-0.15, -0.1) is 0 Å². The fourth-order valence-corrected chi connectivity index (χ4v) is 2.05. The first-order valence-corrected chi connectivity index (χ1v) is 6.42. The molecule has 1 saturated carbocycles. The predicted molar refractivity (Wildman–Crippen MR) is 65.6 cm³/mol. The number of hydrogen-bond acceptors (Lipinski definition) is 2. The van der Waals surface area contributed by atoms with Crippen LogP contribution in [-0.4, -0.2) is 35.0 Å². The Hall–Kier alpha value is -1.06.